The van der Waals surface area contributed by atoms with Crippen molar-refractivity contribution >= 4 is 5.91 Å². The molecule has 0 saturated carbocycles. The van der Waals surface area contributed by atoms with Crippen molar-refractivity contribution < 1.29 is 9.32 Å². The van der Waals surface area contributed by atoms with Crippen molar-refractivity contribution in [2.75, 3.05) is 39.8 Å². The fraction of sp³-hybridized carbons (Fsp3) is 0.471. The summed E-state index contributed by atoms with van der Waals surface area (Å²) in [5, 5.41) is 6.73. The number of nitrogens with zero attached hydrogens (tertiary/aromatic N) is 4. The summed E-state index contributed by atoms with van der Waals surface area (Å²) in [6.07, 6.45) is 0. The Labute approximate surface area is 141 Å². The van der Waals surface area contributed by atoms with E-state index < -0.39 is 0 Å². The molecule has 0 spiro atoms. The van der Waals surface area contributed by atoms with E-state index >= 15 is 0 Å². The van der Waals surface area contributed by atoms with Crippen LogP contribution in [0.1, 0.15) is 11.5 Å². The molecule has 2 aromatic rings. The summed E-state index contributed by atoms with van der Waals surface area (Å²) in [6, 6.07) is 8.08. The fourth-order valence-electron chi connectivity index (χ4n) is 2.72. The monoisotopic (exact) mass is 329 g/mol. The smallest absolute Gasteiger partial charge is 0.241 e. The van der Waals surface area contributed by atoms with E-state index in [9.17, 15) is 4.79 Å². The predicted molar refractivity (Wildman–Crippen MR) is 90.3 cm³/mol. The molecule has 0 aliphatic carbocycles. The van der Waals surface area contributed by atoms with E-state index in [-0.39, 0.29) is 5.91 Å². The first-order valence-electron chi connectivity index (χ1n) is 8.19. The van der Waals surface area contributed by atoms with E-state index in [0.29, 0.717) is 24.8 Å². The Morgan fingerprint density at radius 2 is 1.83 bits per heavy atom. The zero-order chi connectivity index (χ0) is 16.9. The number of carbonyl (C=O) groups is 1. The van der Waals surface area contributed by atoms with Gasteiger partial charge in [0.1, 0.15) is 0 Å². The maximum atomic E-state index is 11.4. The molecule has 1 aromatic heterocycles. The first-order chi connectivity index (χ1) is 11.6. The Bertz CT molecular complexity index is 675. The average Bonchev–Trinajstić information content (AvgIpc) is 3.05. The Morgan fingerprint density at radius 3 is 2.50 bits per heavy atom. The third kappa shape index (κ3) is 4.18. The number of hydrogen-bond donors (Lipinski definition) is 1. The molecule has 1 saturated heterocycles. The molecule has 3 rings (SSSR count). The molecule has 1 aliphatic heterocycles. The third-order valence-corrected chi connectivity index (χ3v) is 4.25. The van der Waals surface area contributed by atoms with Gasteiger partial charge >= 0.3 is 0 Å². The van der Waals surface area contributed by atoms with Crippen molar-refractivity contribution in [1.82, 2.24) is 25.3 Å². The minimum atomic E-state index is 0.0584. The lowest BCUT2D eigenvalue weighted by Crippen LogP contribution is -2.48. The van der Waals surface area contributed by atoms with Gasteiger partial charge in [-0.1, -0.05) is 35.0 Å². The molecular weight excluding hydrogens is 306 g/mol. The lowest BCUT2D eigenvalue weighted by atomic mass is 10.1. The molecule has 24 heavy (non-hydrogen) atoms. The van der Waals surface area contributed by atoms with Gasteiger partial charge in [0.15, 0.2) is 0 Å². The van der Waals surface area contributed by atoms with Gasteiger partial charge < -0.3 is 9.84 Å². The quantitative estimate of drug-likeness (QED) is 0.879. The summed E-state index contributed by atoms with van der Waals surface area (Å²) in [4.78, 5) is 20.3. The van der Waals surface area contributed by atoms with E-state index in [1.165, 1.54) is 5.56 Å². The summed E-state index contributed by atoms with van der Waals surface area (Å²) in [7, 11) is 1.67. The van der Waals surface area contributed by atoms with Crippen molar-refractivity contribution in [3.8, 4) is 11.4 Å². The van der Waals surface area contributed by atoms with Crippen molar-refractivity contribution in [2.24, 2.45) is 0 Å². The van der Waals surface area contributed by atoms with Crippen LogP contribution < -0.4 is 5.32 Å². The highest BCUT2D eigenvalue weighted by molar-refractivity contribution is 5.77. The zero-order valence-corrected chi connectivity index (χ0v) is 14.2. The Balaban J connectivity index is 1.53. The minimum Gasteiger partial charge on any atom is -0.358 e. The predicted octanol–water partition coefficient (Wildman–Crippen LogP) is 0.909. The number of aryl methyl sites for hydroxylation is 1. The number of likely N-dealkylation sites (N-methyl/N-ethyl adjacent to an activating group) is 1. The molecule has 0 bridgehead atoms. The second kappa shape index (κ2) is 7.55. The molecule has 0 atom stereocenters. The number of nitrogens with one attached hydrogen (secondary N) is 1. The van der Waals surface area contributed by atoms with Crippen molar-refractivity contribution in [1.29, 1.82) is 0 Å². The Kier molecular flexibility index (Phi) is 5.22. The lowest BCUT2D eigenvalue weighted by molar-refractivity contribution is -0.122. The Hall–Kier alpha value is -2.25. The van der Waals surface area contributed by atoms with E-state index in [1.807, 2.05) is 24.3 Å². The van der Waals surface area contributed by atoms with Gasteiger partial charge in [-0.2, -0.15) is 4.98 Å². The van der Waals surface area contributed by atoms with E-state index in [0.717, 1.165) is 31.7 Å². The molecule has 128 valence electrons. The summed E-state index contributed by atoms with van der Waals surface area (Å²) < 4.78 is 5.38. The van der Waals surface area contributed by atoms with Crippen molar-refractivity contribution in [3.05, 3.63) is 35.7 Å². The molecular formula is C17H23N5O2. The van der Waals surface area contributed by atoms with Gasteiger partial charge in [-0.05, 0) is 6.92 Å². The molecule has 7 heteroatoms. The van der Waals surface area contributed by atoms with E-state index in [4.69, 9.17) is 4.52 Å². The van der Waals surface area contributed by atoms with Gasteiger partial charge in [-0.25, -0.2) is 0 Å². The molecule has 1 aromatic carbocycles. The van der Waals surface area contributed by atoms with Crippen LogP contribution in [0.15, 0.2) is 28.8 Å². The molecule has 1 amide bonds. The zero-order valence-electron chi connectivity index (χ0n) is 14.2. The number of aromatic nitrogens is 2. The maximum absolute atomic E-state index is 11.4. The van der Waals surface area contributed by atoms with Crippen LogP contribution in [0.25, 0.3) is 11.4 Å². The van der Waals surface area contributed by atoms with Gasteiger partial charge in [0.05, 0.1) is 13.1 Å². The van der Waals surface area contributed by atoms with Gasteiger partial charge in [-0.3, -0.25) is 14.6 Å². The van der Waals surface area contributed by atoms with Crippen LogP contribution in [0.5, 0.6) is 0 Å². The number of amides is 1. The van der Waals surface area contributed by atoms with Crippen LogP contribution in [0, 0.1) is 6.92 Å². The standard InChI is InChI=1S/C17H23N5O2/c1-13-3-5-14(6-4-13)17-19-16(24-20-17)12-22-9-7-21(8-10-22)11-15(23)18-2/h3-6H,7-12H2,1-2H3,(H,18,23). The summed E-state index contributed by atoms with van der Waals surface area (Å²) in [6.45, 7) is 6.67. The van der Waals surface area contributed by atoms with E-state index in [2.05, 4.69) is 32.2 Å². The minimum absolute atomic E-state index is 0.0584. The van der Waals surface area contributed by atoms with Gasteiger partial charge in [0.25, 0.3) is 0 Å². The number of piperazine rings is 1. The molecule has 1 N–H and O–H groups in total. The highest BCUT2D eigenvalue weighted by Crippen LogP contribution is 2.17. The topological polar surface area (TPSA) is 74.5 Å². The third-order valence-electron chi connectivity index (χ3n) is 4.25. The average molecular weight is 329 g/mol. The van der Waals surface area contributed by atoms with Crippen molar-refractivity contribution in [3.63, 3.8) is 0 Å². The molecule has 7 nitrogen and oxygen atoms in total. The fourth-order valence-corrected chi connectivity index (χ4v) is 2.72. The van der Waals surface area contributed by atoms with E-state index in [1.54, 1.807) is 7.05 Å². The van der Waals surface area contributed by atoms with Gasteiger partial charge in [-0.15, -0.1) is 0 Å². The number of carbonyl (C=O) groups excluding carboxylic acids is 1. The molecule has 0 unspecified atom stereocenters. The second-order valence-electron chi connectivity index (χ2n) is 6.10. The summed E-state index contributed by atoms with van der Waals surface area (Å²) in [5.41, 5.74) is 2.17. The van der Waals surface area contributed by atoms with Crippen LogP contribution in [0.4, 0.5) is 0 Å². The van der Waals surface area contributed by atoms with Gasteiger partial charge in [0, 0.05) is 38.8 Å². The molecule has 2 heterocycles. The number of rotatable bonds is 5. The first-order valence-corrected chi connectivity index (χ1v) is 8.19. The van der Waals surface area contributed by atoms with Crippen LogP contribution in [-0.2, 0) is 11.3 Å². The largest absolute Gasteiger partial charge is 0.358 e. The summed E-state index contributed by atoms with van der Waals surface area (Å²) >= 11 is 0. The Morgan fingerprint density at radius 1 is 1.17 bits per heavy atom. The normalized spacial score (nSPS) is 16.2. The second-order valence-corrected chi connectivity index (χ2v) is 6.10. The number of benzene rings is 1. The lowest BCUT2D eigenvalue weighted by Gasteiger charge is -2.33. The SMILES string of the molecule is CNC(=O)CN1CCN(Cc2nc(-c3ccc(C)cc3)no2)CC1. The maximum Gasteiger partial charge on any atom is 0.241 e. The van der Waals surface area contributed by atoms with Crippen molar-refractivity contribution in [2.45, 2.75) is 13.5 Å². The van der Waals surface area contributed by atoms with Gasteiger partial charge in [0.2, 0.25) is 17.6 Å². The first kappa shape index (κ1) is 16.6. The molecule has 1 aliphatic rings. The van der Waals surface area contributed by atoms with Crippen LogP contribution in [-0.4, -0.2) is 65.6 Å². The number of hydrogen-bond acceptors (Lipinski definition) is 6. The van der Waals surface area contributed by atoms with Crippen LogP contribution in [0.3, 0.4) is 0 Å². The van der Waals surface area contributed by atoms with Crippen LogP contribution in [0.2, 0.25) is 0 Å². The molecule has 0 radical (unpaired) electrons. The summed E-state index contributed by atoms with van der Waals surface area (Å²) in [5.74, 6) is 1.32. The molecule has 1 fully saturated rings. The highest BCUT2D eigenvalue weighted by Gasteiger charge is 2.20. The van der Waals surface area contributed by atoms with Crippen LogP contribution >= 0.6 is 0 Å². The highest BCUT2D eigenvalue weighted by atomic mass is 16.5.